The van der Waals surface area contributed by atoms with Gasteiger partial charge in [-0.15, -0.1) is 0 Å². The van der Waals surface area contributed by atoms with Gasteiger partial charge in [0.15, 0.2) is 0 Å². The molecule has 0 aromatic carbocycles. The maximum absolute atomic E-state index is 12.6. The van der Waals surface area contributed by atoms with Gasteiger partial charge in [0.2, 0.25) is 10.0 Å². The normalized spacial score (nSPS) is 33.8. The van der Waals surface area contributed by atoms with Gasteiger partial charge in [-0.3, -0.25) is 0 Å². The topological polar surface area (TPSA) is 52.7 Å². The molecule has 17 heavy (non-hydrogen) atoms. The van der Waals surface area contributed by atoms with Crippen LogP contribution in [0.1, 0.15) is 19.8 Å². The van der Waals surface area contributed by atoms with E-state index in [4.69, 9.17) is 0 Å². The van der Waals surface area contributed by atoms with E-state index >= 15 is 0 Å². The summed E-state index contributed by atoms with van der Waals surface area (Å²) in [4.78, 5) is 2.12. The number of nitrogens with zero attached hydrogens (tertiary/aromatic N) is 2. The van der Waals surface area contributed by atoms with Crippen molar-refractivity contribution in [3.63, 3.8) is 0 Å². The van der Waals surface area contributed by atoms with Gasteiger partial charge in [0.1, 0.15) is 0 Å². The molecule has 2 aliphatic rings. The minimum Gasteiger partial charge on any atom is -0.314 e. The molecule has 0 bridgehead atoms. The van der Waals surface area contributed by atoms with Crippen molar-refractivity contribution >= 4 is 10.0 Å². The van der Waals surface area contributed by atoms with Crippen molar-refractivity contribution in [2.75, 3.05) is 39.8 Å². The molecule has 0 aromatic heterocycles. The molecule has 0 radical (unpaired) electrons. The molecule has 0 amide bonds. The minimum absolute atomic E-state index is 0.0842. The van der Waals surface area contributed by atoms with E-state index in [0.717, 1.165) is 32.5 Å². The molecule has 2 aliphatic heterocycles. The molecular weight excluding hydrogens is 238 g/mol. The summed E-state index contributed by atoms with van der Waals surface area (Å²) in [5.41, 5.74) is 0. The Bertz CT molecular complexity index is 358. The number of piperazine rings is 1. The van der Waals surface area contributed by atoms with E-state index in [1.807, 2.05) is 14.0 Å². The smallest absolute Gasteiger partial charge is 0.218 e. The number of hydrogen-bond acceptors (Lipinski definition) is 4. The van der Waals surface area contributed by atoms with Gasteiger partial charge < -0.3 is 10.2 Å². The zero-order chi connectivity index (χ0) is 12.5. The first-order chi connectivity index (χ1) is 8.01. The number of likely N-dealkylation sites (tertiary alicyclic amines) is 1. The van der Waals surface area contributed by atoms with E-state index in [1.54, 1.807) is 4.31 Å². The lowest BCUT2D eigenvalue weighted by Crippen LogP contribution is -2.56. The third-order valence-electron chi connectivity index (χ3n) is 3.77. The van der Waals surface area contributed by atoms with E-state index in [2.05, 4.69) is 10.2 Å². The Hall–Kier alpha value is -0.170. The summed E-state index contributed by atoms with van der Waals surface area (Å²) >= 11 is 0. The van der Waals surface area contributed by atoms with E-state index in [9.17, 15) is 8.42 Å². The van der Waals surface area contributed by atoms with Crippen LogP contribution in [0.5, 0.6) is 0 Å². The zero-order valence-corrected chi connectivity index (χ0v) is 11.5. The zero-order valence-electron chi connectivity index (χ0n) is 10.7. The fraction of sp³-hybridized carbons (Fsp3) is 1.00. The maximum atomic E-state index is 12.6. The van der Waals surface area contributed by atoms with Gasteiger partial charge >= 0.3 is 0 Å². The highest BCUT2D eigenvalue weighted by molar-refractivity contribution is 7.89. The Labute approximate surface area is 104 Å². The molecule has 0 aliphatic carbocycles. The third kappa shape index (κ3) is 2.81. The van der Waals surface area contributed by atoms with Gasteiger partial charge in [0, 0.05) is 32.2 Å². The van der Waals surface area contributed by atoms with E-state index < -0.39 is 10.0 Å². The highest BCUT2D eigenvalue weighted by Gasteiger charge is 2.37. The van der Waals surface area contributed by atoms with Crippen molar-refractivity contribution in [1.29, 1.82) is 0 Å². The van der Waals surface area contributed by atoms with Crippen molar-refractivity contribution < 1.29 is 8.42 Å². The van der Waals surface area contributed by atoms with Gasteiger partial charge in [-0.2, -0.15) is 4.31 Å². The second kappa shape index (κ2) is 5.22. The van der Waals surface area contributed by atoms with Crippen LogP contribution in [0.4, 0.5) is 0 Å². The standard InChI is InChI=1S/C11H23N3O2S/c1-10-8-12-5-7-14(10)17(15,16)11-4-3-6-13(2)9-11/h10-12H,3-9H2,1-2H3. The van der Waals surface area contributed by atoms with Gasteiger partial charge in [-0.05, 0) is 33.4 Å². The second-order valence-electron chi connectivity index (χ2n) is 5.24. The van der Waals surface area contributed by atoms with Crippen molar-refractivity contribution in [2.24, 2.45) is 0 Å². The summed E-state index contributed by atoms with van der Waals surface area (Å²) in [7, 11) is -1.11. The Morgan fingerprint density at radius 3 is 2.71 bits per heavy atom. The molecule has 0 aromatic rings. The predicted molar refractivity (Wildman–Crippen MR) is 68.5 cm³/mol. The number of nitrogens with one attached hydrogen (secondary N) is 1. The van der Waals surface area contributed by atoms with E-state index in [1.165, 1.54) is 0 Å². The van der Waals surface area contributed by atoms with Crippen molar-refractivity contribution in [3.8, 4) is 0 Å². The second-order valence-corrected chi connectivity index (χ2v) is 7.40. The molecule has 2 atom stereocenters. The highest BCUT2D eigenvalue weighted by atomic mass is 32.2. The first-order valence-corrected chi connectivity index (χ1v) is 7.92. The number of rotatable bonds is 2. The molecule has 100 valence electrons. The summed E-state index contributed by atoms with van der Waals surface area (Å²) in [6.07, 6.45) is 1.80. The SMILES string of the molecule is CC1CNCCN1S(=O)(=O)C1CCCN(C)C1. The molecule has 2 heterocycles. The van der Waals surface area contributed by atoms with Crippen molar-refractivity contribution in [3.05, 3.63) is 0 Å². The van der Waals surface area contributed by atoms with Gasteiger partial charge in [0.05, 0.1) is 5.25 Å². The van der Waals surface area contributed by atoms with Crippen LogP contribution in [-0.4, -0.2) is 68.7 Å². The quantitative estimate of drug-likeness (QED) is 0.742. The fourth-order valence-corrected chi connectivity index (χ4v) is 4.97. The molecule has 0 spiro atoms. The molecule has 0 saturated carbocycles. The molecule has 5 nitrogen and oxygen atoms in total. The summed E-state index contributed by atoms with van der Waals surface area (Å²) in [5, 5.41) is 3.03. The molecule has 2 saturated heterocycles. The highest BCUT2D eigenvalue weighted by Crippen LogP contribution is 2.21. The Balaban J connectivity index is 2.11. The lowest BCUT2D eigenvalue weighted by atomic mass is 10.1. The Kier molecular flexibility index (Phi) is 4.07. The third-order valence-corrected chi connectivity index (χ3v) is 6.19. The lowest BCUT2D eigenvalue weighted by Gasteiger charge is -2.38. The predicted octanol–water partition coefficient (Wildman–Crippen LogP) is -0.296. The molecule has 2 unspecified atom stereocenters. The van der Waals surface area contributed by atoms with Crippen molar-refractivity contribution in [2.45, 2.75) is 31.1 Å². The van der Waals surface area contributed by atoms with Crippen LogP contribution in [0.25, 0.3) is 0 Å². The number of sulfonamides is 1. The maximum Gasteiger partial charge on any atom is 0.218 e. The largest absolute Gasteiger partial charge is 0.314 e. The lowest BCUT2D eigenvalue weighted by molar-refractivity contribution is 0.250. The molecule has 2 fully saturated rings. The van der Waals surface area contributed by atoms with Crippen LogP contribution in [0.2, 0.25) is 0 Å². The monoisotopic (exact) mass is 261 g/mol. The van der Waals surface area contributed by atoms with E-state index in [0.29, 0.717) is 13.1 Å². The molecule has 1 N–H and O–H groups in total. The Morgan fingerprint density at radius 2 is 2.06 bits per heavy atom. The first kappa shape index (κ1) is 13.3. The Morgan fingerprint density at radius 1 is 1.29 bits per heavy atom. The first-order valence-electron chi connectivity index (χ1n) is 6.41. The minimum atomic E-state index is -3.12. The summed E-state index contributed by atoms with van der Waals surface area (Å²) < 4.78 is 26.8. The van der Waals surface area contributed by atoms with Crippen molar-refractivity contribution in [1.82, 2.24) is 14.5 Å². The molecular formula is C11H23N3O2S. The fourth-order valence-electron chi connectivity index (χ4n) is 2.75. The van der Waals surface area contributed by atoms with Crippen LogP contribution in [0.3, 0.4) is 0 Å². The average molecular weight is 261 g/mol. The summed E-state index contributed by atoms with van der Waals surface area (Å²) in [6.45, 7) is 5.83. The van der Waals surface area contributed by atoms with Crippen LogP contribution < -0.4 is 5.32 Å². The summed E-state index contributed by atoms with van der Waals surface area (Å²) in [5.74, 6) is 0. The van der Waals surface area contributed by atoms with Crippen LogP contribution in [0.15, 0.2) is 0 Å². The number of hydrogen-bond donors (Lipinski definition) is 1. The molecule has 6 heteroatoms. The van der Waals surface area contributed by atoms with Gasteiger partial charge in [0.25, 0.3) is 0 Å². The van der Waals surface area contributed by atoms with Crippen LogP contribution in [-0.2, 0) is 10.0 Å². The van der Waals surface area contributed by atoms with E-state index in [-0.39, 0.29) is 11.3 Å². The summed E-state index contributed by atoms with van der Waals surface area (Å²) in [6, 6.07) is 0.0842. The molecule has 2 rings (SSSR count). The van der Waals surface area contributed by atoms with Gasteiger partial charge in [-0.1, -0.05) is 0 Å². The van der Waals surface area contributed by atoms with Crippen LogP contribution in [0, 0.1) is 0 Å². The van der Waals surface area contributed by atoms with Gasteiger partial charge in [-0.25, -0.2) is 8.42 Å². The average Bonchev–Trinajstić information content (AvgIpc) is 2.29. The van der Waals surface area contributed by atoms with Crippen LogP contribution >= 0.6 is 0 Å². The number of piperidine rings is 1.